The van der Waals surface area contributed by atoms with E-state index in [2.05, 4.69) is 10.3 Å². The van der Waals surface area contributed by atoms with Crippen molar-refractivity contribution in [1.82, 2.24) is 10.3 Å². The van der Waals surface area contributed by atoms with Gasteiger partial charge in [0.15, 0.2) is 0 Å². The molecule has 22 heavy (non-hydrogen) atoms. The Morgan fingerprint density at radius 1 is 1.09 bits per heavy atom. The molecule has 0 aliphatic heterocycles. The monoisotopic (exact) mass is 296 g/mol. The maximum atomic E-state index is 11.6. The summed E-state index contributed by atoms with van der Waals surface area (Å²) in [5.41, 5.74) is 1.57. The van der Waals surface area contributed by atoms with Crippen LogP contribution >= 0.6 is 0 Å². The summed E-state index contributed by atoms with van der Waals surface area (Å²) < 4.78 is 5.05. The second kappa shape index (κ2) is 8.36. The maximum Gasteiger partial charge on any atom is 0.325 e. The topological polar surface area (TPSA) is 68.3 Å². The van der Waals surface area contributed by atoms with Gasteiger partial charge in [0.05, 0.1) is 5.69 Å². The zero-order valence-electron chi connectivity index (χ0n) is 11.9. The van der Waals surface area contributed by atoms with Gasteiger partial charge in [0, 0.05) is 12.3 Å². The van der Waals surface area contributed by atoms with Crippen molar-refractivity contribution >= 4 is 18.0 Å². The average Bonchev–Trinajstić information content (AvgIpc) is 2.58. The van der Waals surface area contributed by atoms with E-state index in [1.165, 1.54) is 6.08 Å². The fourth-order valence-electron chi connectivity index (χ4n) is 1.64. The second-order valence-electron chi connectivity index (χ2n) is 4.45. The summed E-state index contributed by atoms with van der Waals surface area (Å²) in [6.07, 6.45) is 4.54. The number of nitrogens with zero attached hydrogens (tertiary/aromatic N) is 1. The lowest BCUT2D eigenvalue weighted by molar-refractivity contribution is -0.144. The third-order valence-electron chi connectivity index (χ3n) is 2.74. The zero-order valence-corrected chi connectivity index (χ0v) is 11.9. The van der Waals surface area contributed by atoms with Crippen LogP contribution in [-0.2, 0) is 20.9 Å². The highest BCUT2D eigenvalue weighted by Crippen LogP contribution is 2.00. The number of pyridine rings is 1. The first-order chi connectivity index (χ1) is 10.7. The molecule has 0 bridgehead atoms. The summed E-state index contributed by atoms with van der Waals surface area (Å²) >= 11 is 0. The van der Waals surface area contributed by atoms with Crippen LogP contribution in [0.2, 0.25) is 0 Å². The number of carbonyl (C=O) groups excluding carboxylic acids is 2. The smallest absolute Gasteiger partial charge is 0.325 e. The number of esters is 1. The van der Waals surface area contributed by atoms with E-state index < -0.39 is 5.97 Å². The maximum absolute atomic E-state index is 11.6. The van der Waals surface area contributed by atoms with Gasteiger partial charge in [-0.05, 0) is 23.8 Å². The van der Waals surface area contributed by atoms with Crippen molar-refractivity contribution < 1.29 is 14.3 Å². The molecule has 5 nitrogen and oxygen atoms in total. The number of aromatic nitrogens is 1. The van der Waals surface area contributed by atoms with Crippen LogP contribution in [0.15, 0.2) is 60.8 Å². The van der Waals surface area contributed by atoms with Gasteiger partial charge in [-0.3, -0.25) is 14.6 Å². The van der Waals surface area contributed by atoms with Crippen LogP contribution < -0.4 is 5.32 Å². The quantitative estimate of drug-likeness (QED) is 0.653. The Hall–Kier alpha value is -2.95. The van der Waals surface area contributed by atoms with Crippen molar-refractivity contribution in [2.75, 3.05) is 6.54 Å². The molecular formula is C17H16N2O3. The van der Waals surface area contributed by atoms with Crippen molar-refractivity contribution in [3.05, 3.63) is 72.1 Å². The summed E-state index contributed by atoms with van der Waals surface area (Å²) in [4.78, 5) is 27.1. The first-order valence-corrected chi connectivity index (χ1v) is 6.80. The van der Waals surface area contributed by atoms with Gasteiger partial charge < -0.3 is 10.1 Å². The van der Waals surface area contributed by atoms with Gasteiger partial charge in [-0.15, -0.1) is 0 Å². The highest BCUT2D eigenvalue weighted by Gasteiger charge is 2.04. The first kappa shape index (κ1) is 15.4. The molecule has 2 rings (SSSR count). The number of amides is 1. The molecule has 1 N–H and O–H groups in total. The minimum absolute atomic E-state index is 0.168. The van der Waals surface area contributed by atoms with E-state index in [9.17, 15) is 9.59 Å². The number of ether oxygens (including phenoxy) is 1. The lowest BCUT2D eigenvalue weighted by atomic mass is 10.2. The Morgan fingerprint density at radius 2 is 1.86 bits per heavy atom. The minimum atomic E-state index is -0.483. The number of hydrogen-bond acceptors (Lipinski definition) is 4. The van der Waals surface area contributed by atoms with E-state index in [-0.39, 0.29) is 19.1 Å². The van der Waals surface area contributed by atoms with Crippen LogP contribution in [0.4, 0.5) is 0 Å². The van der Waals surface area contributed by atoms with Gasteiger partial charge in [0.25, 0.3) is 0 Å². The van der Waals surface area contributed by atoms with Gasteiger partial charge in [-0.1, -0.05) is 36.4 Å². The molecule has 0 saturated heterocycles. The Kier molecular flexibility index (Phi) is 5.87. The first-order valence-electron chi connectivity index (χ1n) is 6.80. The van der Waals surface area contributed by atoms with E-state index in [0.717, 1.165) is 5.56 Å². The molecule has 0 spiro atoms. The van der Waals surface area contributed by atoms with Gasteiger partial charge in [0.2, 0.25) is 5.91 Å². The molecule has 0 saturated carbocycles. The molecule has 0 fully saturated rings. The number of benzene rings is 1. The van der Waals surface area contributed by atoms with Crippen LogP contribution in [0.1, 0.15) is 11.3 Å². The standard InChI is InChI=1S/C17H16N2O3/c20-16(10-9-15-8-4-5-11-18-15)19-12-17(21)22-13-14-6-2-1-3-7-14/h1-11H,12-13H2,(H,19,20). The fraction of sp³-hybridized carbons (Fsp3) is 0.118. The van der Waals surface area contributed by atoms with Crippen molar-refractivity contribution in [1.29, 1.82) is 0 Å². The molecule has 112 valence electrons. The average molecular weight is 296 g/mol. The molecule has 1 aromatic carbocycles. The predicted molar refractivity (Wildman–Crippen MR) is 82.5 cm³/mol. The molecule has 0 unspecified atom stereocenters. The van der Waals surface area contributed by atoms with Crippen LogP contribution in [0.3, 0.4) is 0 Å². The summed E-state index contributed by atoms with van der Waals surface area (Å²) in [5.74, 6) is -0.856. The number of hydrogen-bond donors (Lipinski definition) is 1. The Morgan fingerprint density at radius 3 is 2.59 bits per heavy atom. The van der Waals surface area contributed by atoms with Crippen molar-refractivity contribution in [2.45, 2.75) is 6.61 Å². The molecule has 2 aromatic rings. The van der Waals surface area contributed by atoms with Crippen LogP contribution in [-0.4, -0.2) is 23.4 Å². The summed E-state index contributed by atoms with van der Waals surface area (Å²) in [6, 6.07) is 14.7. The second-order valence-corrected chi connectivity index (χ2v) is 4.45. The Balaban J connectivity index is 1.69. The molecule has 5 heteroatoms. The largest absolute Gasteiger partial charge is 0.460 e. The van der Waals surface area contributed by atoms with E-state index in [1.54, 1.807) is 24.4 Å². The highest BCUT2D eigenvalue weighted by atomic mass is 16.5. The third kappa shape index (κ3) is 5.58. The predicted octanol–water partition coefficient (Wildman–Crippen LogP) is 1.95. The Labute approximate surface area is 128 Å². The van der Waals surface area contributed by atoms with Crippen LogP contribution in [0, 0.1) is 0 Å². The lowest BCUT2D eigenvalue weighted by Crippen LogP contribution is -2.29. The number of nitrogens with one attached hydrogen (secondary N) is 1. The van der Waals surface area contributed by atoms with Gasteiger partial charge in [0.1, 0.15) is 13.2 Å². The fourth-order valence-corrected chi connectivity index (χ4v) is 1.64. The van der Waals surface area contributed by atoms with Crippen molar-refractivity contribution in [3.63, 3.8) is 0 Å². The molecular weight excluding hydrogens is 280 g/mol. The summed E-state index contributed by atoms with van der Waals surface area (Å²) in [7, 11) is 0. The number of rotatable bonds is 6. The van der Waals surface area contributed by atoms with E-state index in [0.29, 0.717) is 5.69 Å². The molecule has 0 atom stereocenters. The summed E-state index contributed by atoms with van der Waals surface area (Å²) in [6.45, 7) is 0.0253. The SMILES string of the molecule is O=C(C=Cc1ccccn1)NCC(=O)OCc1ccccc1. The summed E-state index contributed by atoms with van der Waals surface area (Å²) in [5, 5.41) is 2.46. The van der Waals surface area contributed by atoms with E-state index in [4.69, 9.17) is 4.74 Å². The third-order valence-corrected chi connectivity index (χ3v) is 2.74. The molecule has 0 aliphatic rings. The Bertz CT molecular complexity index is 639. The minimum Gasteiger partial charge on any atom is -0.460 e. The van der Waals surface area contributed by atoms with Crippen molar-refractivity contribution in [3.8, 4) is 0 Å². The molecule has 1 amide bonds. The van der Waals surface area contributed by atoms with Crippen LogP contribution in [0.25, 0.3) is 6.08 Å². The normalized spacial score (nSPS) is 10.4. The van der Waals surface area contributed by atoms with Crippen molar-refractivity contribution in [2.24, 2.45) is 0 Å². The van der Waals surface area contributed by atoms with Gasteiger partial charge in [-0.25, -0.2) is 0 Å². The molecule has 0 aliphatic carbocycles. The van der Waals surface area contributed by atoms with Gasteiger partial charge in [-0.2, -0.15) is 0 Å². The molecule has 0 radical (unpaired) electrons. The van der Waals surface area contributed by atoms with E-state index >= 15 is 0 Å². The van der Waals surface area contributed by atoms with Crippen LogP contribution in [0.5, 0.6) is 0 Å². The zero-order chi connectivity index (χ0) is 15.6. The lowest BCUT2D eigenvalue weighted by Gasteiger charge is -2.05. The number of carbonyl (C=O) groups is 2. The van der Waals surface area contributed by atoms with E-state index in [1.807, 2.05) is 36.4 Å². The molecule has 1 aromatic heterocycles. The highest BCUT2D eigenvalue weighted by molar-refractivity contribution is 5.93. The molecule has 1 heterocycles. The van der Waals surface area contributed by atoms with Gasteiger partial charge >= 0.3 is 5.97 Å².